The van der Waals surface area contributed by atoms with Crippen LogP contribution >= 0.6 is 0 Å². The Bertz CT molecular complexity index is 901. The van der Waals surface area contributed by atoms with Crippen molar-refractivity contribution < 1.29 is 39.6 Å². The van der Waals surface area contributed by atoms with Gasteiger partial charge in [-0.1, -0.05) is 93.9 Å². The lowest BCUT2D eigenvalue weighted by molar-refractivity contribution is -0.149. The zero-order chi connectivity index (χ0) is 34.6. The maximum Gasteiger partial charge on any atom is 0.166 e. The Morgan fingerprint density at radius 1 is 0.333 bits per heavy atom. The molecule has 4 N–H and O–H groups in total. The molecule has 45 heavy (non-hydrogen) atoms. The third-order valence-corrected chi connectivity index (χ3v) is 9.90. The van der Waals surface area contributed by atoms with Crippen LogP contribution in [0.2, 0.25) is 0 Å². The lowest BCUT2D eigenvalue weighted by Crippen LogP contribution is -2.47. The van der Waals surface area contributed by atoms with Gasteiger partial charge in [0.15, 0.2) is 23.1 Å². The summed E-state index contributed by atoms with van der Waals surface area (Å²) < 4.78 is 0. The van der Waals surface area contributed by atoms with Crippen LogP contribution in [0.4, 0.5) is 0 Å². The van der Waals surface area contributed by atoms with E-state index in [0.717, 1.165) is 57.8 Å². The highest BCUT2D eigenvalue weighted by atomic mass is 16.3. The Morgan fingerprint density at radius 3 is 0.622 bits per heavy atom. The SMILES string of the molecule is CC(C)C(=O)C1(O)CCC1.CC(C)C(=O)C1(O)CCCC1.CC(C)C(=O)C1(O)CCCCC1.CC(C)C(=O)C1(O)CCCCC1. The first kappa shape index (κ1) is 41.5. The summed E-state index contributed by atoms with van der Waals surface area (Å²) in [4.78, 5) is 45.8. The first-order valence-corrected chi connectivity index (χ1v) is 17.8. The van der Waals surface area contributed by atoms with E-state index in [0.29, 0.717) is 51.4 Å². The molecule has 0 saturated heterocycles. The molecule has 0 radical (unpaired) electrons. The number of Topliss-reactive ketones (excluding diaryl/α,β-unsaturated/α-hetero) is 4. The molecular weight excluding hydrogens is 572 g/mol. The minimum Gasteiger partial charge on any atom is -0.382 e. The number of carbonyl (C=O) groups excluding carboxylic acids is 4. The molecule has 4 fully saturated rings. The van der Waals surface area contributed by atoms with Crippen molar-refractivity contribution in [2.24, 2.45) is 23.7 Å². The summed E-state index contributed by atoms with van der Waals surface area (Å²) in [6.45, 7) is 14.8. The van der Waals surface area contributed by atoms with Crippen molar-refractivity contribution in [3.8, 4) is 0 Å². The van der Waals surface area contributed by atoms with Gasteiger partial charge in [0.05, 0.1) is 0 Å². The number of hydrogen-bond acceptors (Lipinski definition) is 8. The topological polar surface area (TPSA) is 149 Å². The van der Waals surface area contributed by atoms with Crippen LogP contribution in [0.15, 0.2) is 0 Å². The molecule has 0 heterocycles. The fraction of sp³-hybridized carbons (Fsp3) is 0.892. The fourth-order valence-electron chi connectivity index (χ4n) is 6.88. The van der Waals surface area contributed by atoms with Crippen molar-refractivity contribution in [1.82, 2.24) is 0 Å². The predicted molar refractivity (Wildman–Crippen MR) is 178 cm³/mol. The second-order valence-electron chi connectivity index (χ2n) is 15.4. The molecule has 8 heteroatoms. The van der Waals surface area contributed by atoms with E-state index in [-0.39, 0.29) is 46.8 Å². The van der Waals surface area contributed by atoms with Gasteiger partial charge in [-0.15, -0.1) is 0 Å². The quantitative estimate of drug-likeness (QED) is 0.237. The maximum atomic E-state index is 11.6. The third kappa shape index (κ3) is 12.2. The minimum atomic E-state index is -0.980. The second kappa shape index (κ2) is 18.2. The van der Waals surface area contributed by atoms with Crippen LogP contribution in [0.5, 0.6) is 0 Å². The van der Waals surface area contributed by atoms with Gasteiger partial charge in [0, 0.05) is 23.7 Å². The van der Waals surface area contributed by atoms with Gasteiger partial charge >= 0.3 is 0 Å². The predicted octanol–water partition coefficient (Wildman–Crippen LogP) is 6.46. The number of rotatable bonds is 8. The zero-order valence-corrected chi connectivity index (χ0v) is 29.8. The summed E-state index contributed by atoms with van der Waals surface area (Å²) >= 11 is 0. The molecule has 0 bridgehead atoms. The first-order chi connectivity index (χ1) is 20.7. The van der Waals surface area contributed by atoms with Gasteiger partial charge < -0.3 is 20.4 Å². The molecule has 0 spiro atoms. The van der Waals surface area contributed by atoms with E-state index in [4.69, 9.17) is 0 Å². The molecule has 0 aliphatic heterocycles. The van der Waals surface area contributed by atoms with Crippen molar-refractivity contribution in [3.63, 3.8) is 0 Å². The van der Waals surface area contributed by atoms with E-state index in [2.05, 4.69) is 0 Å². The lowest BCUT2D eigenvalue weighted by atomic mass is 9.74. The normalized spacial score (nSPS) is 22.6. The second-order valence-corrected chi connectivity index (χ2v) is 15.4. The van der Waals surface area contributed by atoms with Gasteiger partial charge in [-0.25, -0.2) is 0 Å². The van der Waals surface area contributed by atoms with E-state index in [1.165, 1.54) is 0 Å². The maximum absolute atomic E-state index is 11.6. The molecule has 262 valence electrons. The van der Waals surface area contributed by atoms with Crippen LogP contribution in [-0.2, 0) is 19.2 Å². The van der Waals surface area contributed by atoms with Gasteiger partial charge in [0.25, 0.3) is 0 Å². The number of aliphatic hydroxyl groups is 4. The van der Waals surface area contributed by atoms with Crippen molar-refractivity contribution in [2.75, 3.05) is 0 Å². The van der Waals surface area contributed by atoms with E-state index >= 15 is 0 Å². The molecule has 4 aliphatic rings. The summed E-state index contributed by atoms with van der Waals surface area (Å²) in [6, 6.07) is 0. The summed E-state index contributed by atoms with van der Waals surface area (Å²) in [7, 11) is 0. The minimum absolute atomic E-state index is 0.0127. The van der Waals surface area contributed by atoms with E-state index in [1.807, 2.05) is 55.4 Å². The Balaban J connectivity index is 0.000000301. The summed E-state index contributed by atoms with van der Waals surface area (Å²) in [5.74, 6) is -0.0252. The zero-order valence-electron chi connectivity index (χ0n) is 29.8. The third-order valence-electron chi connectivity index (χ3n) is 9.90. The summed E-state index contributed by atoms with van der Waals surface area (Å²) in [5, 5.41) is 39.2. The number of carbonyl (C=O) groups is 4. The van der Waals surface area contributed by atoms with Crippen molar-refractivity contribution in [1.29, 1.82) is 0 Å². The van der Waals surface area contributed by atoms with Crippen molar-refractivity contribution in [3.05, 3.63) is 0 Å². The molecule has 0 aromatic carbocycles. The molecule has 0 amide bonds. The number of hydrogen-bond donors (Lipinski definition) is 4. The van der Waals surface area contributed by atoms with Crippen LogP contribution in [0.1, 0.15) is 165 Å². The van der Waals surface area contributed by atoms with Gasteiger partial charge in [0.1, 0.15) is 22.4 Å². The lowest BCUT2D eigenvalue weighted by Gasteiger charge is -2.36. The fourth-order valence-corrected chi connectivity index (χ4v) is 6.88. The molecule has 0 aromatic rings. The van der Waals surface area contributed by atoms with Gasteiger partial charge in [0.2, 0.25) is 0 Å². The highest BCUT2D eigenvalue weighted by molar-refractivity contribution is 5.90. The molecule has 4 rings (SSSR count). The monoisotopic (exact) mass is 638 g/mol. The molecule has 4 aliphatic carbocycles. The van der Waals surface area contributed by atoms with Gasteiger partial charge in [-0.3, -0.25) is 19.2 Å². The molecule has 8 nitrogen and oxygen atoms in total. The molecule has 4 saturated carbocycles. The van der Waals surface area contributed by atoms with E-state index < -0.39 is 22.4 Å². The average molecular weight is 639 g/mol. The first-order valence-electron chi connectivity index (χ1n) is 17.8. The summed E-state index contributed by atoms with van der Waals surface area (Å²) in [5.41, 5.74) is -3.86. The van der Waals surface area contributed by atoms with E-state index in [9.17, 15) is 39.6 Å². The van der Waals surface area contributed by atoms with Crippen molar-refractivity contribution in [2.45, 2.75) is 187 Å². The Hall–Kier alpha value is -1.48. The van der Waals surface area contributed by atoms with Crippen LogP contribution in [0, 0.1) is 23.7 Å². The van der Waals surface area contributed by atoms with Crippen LogP contribution in [0.25, 0.3) is 0 Å². The Labute approximate surface area is 273 Å². The Kier molecular flexibility index (Phi) is 16.8. The average Bonchev–Trinajstić information content (AvgIpc) is 3.43. The van der Waals surface area contributed by atoms with Crippen LogP contribution in [-0.4, -0.2) is 66.0 Å². The molecule has 0 aromatic heterocycles. The summed E-state index contributed by atoms with van der Waals surface area (Å²) in [6.07, 6.45) is 14.7. The Morgan fingerprint density at radius 2 is 0.489 bits per heavy atom. The van der Waals surface area contributed by atoms with Crippen molar-refractivity contribution >= 4 is 23.1 Å². The van der Waals surface area contributed by atoms with Gasteiger partial charge in [-0.05, 0) is 70.6 Å². The molecule has 0 atom stereocenters. The molecule has 0 unspecified atom stereocenters. The smallest absolute Gasteiger partial charge is 0.166 e. The molecular formula is C37H66O8. The van der Waals surface area contributed by atoms with Gasteiger partial charge in [-0.2, -0.15) is 0 Å². The highest BCUT2D eigenvalue weighted by Crippen LogP contribution is 2.35. The standard InChI is InChI=1S/2C10H18O2.C9H16O2.C8H14O2/c2*1-8(2)9(11)10(12)6-4-3-5-7-10;1-7(2)8(10)9(11)5-3-4-6-9;1-6(2)7(9)8(10)4-3-5-8/h2*8,12H,3-7H2,1-2H3;7,11H,3-6H2,1-2H3;6,10H,3-5H2,1-2H3. The highest BCUT2D eigenvalue weighted by Gasteiger charge is 2.43. The number of ketones is 4. The van der Waals surface area contributed by atoms with Crippen LogP contribution in [0.3, 0.4) is 0 Å². The largest absolute Gasteiger partial charge is 0.382 e. The van der Waals surface area contributed by atoms with E-state index in [1.54, 1.807) is 0 Å². The van der Waals surface area contributed by atoms with Crippen LogP contribution < -0.4 is 0 Å².